The molecule has 0 aliphatic carbocycles. The fourth-order valence-electron chi connectivity index (χ4n) is 3.68. The number of carbonyl (C=O) groups is 1. The van der Waals surface area contributed by atoms with Crippen LogP contribution in [-0.2, 0) is 23.4 Å². The summed E-state index contributed by atoms with van der Waals surface area (Å²) in [5.41, 5.74) is 11.9. The van der Waals surface area contributed by atoms with Crippen LogP contribution in [0.1, 0.15) is 20.1 Å². The Morgan fingerprint density at radius 2 is 1.97 bits per heavy atom. The standard InChI is InChI=1S/C21H28N7O8P/c1-3-33-20(31)11(2)27-37(32,36-12-7-5-4-6-8-12)34-9-13-15(29)16(30)19(35-13)28-10-24-14-17(22)25-21(23)26-18(14)28/h4-8,10-11,13,15-16,19,29-30H,3,9H2,1-2H3,(H,27,32)(H4,22,23,25,26)/t11-,13+,15+,16+,19+,37?/m0/s1. The van der Waals surface area contributed by atoms with Crippen LogP contribution in [0.2, 0.25) is 0 Å². The summed E-state index contributed by atoms with van der Waals surface area (Å²) in [6.45, 7) is 2.72. The number of aliphatic hydroxyl groups is 2. The number of hydrogen-bond donors (Lipinski definition) is 5. The molecule has 0 amide bonds. The van der Waals surface area contributed by atoms with Gasteiger partial charge < -0.3 is 35.7 Å². The maximum Gasteiger partial charge on any atom is 0.459 e. The molecule has 6 atom stereocenters. The number of hydrogen-bond acceptors (Lipinski definition) is 13. The number of ether oxygens (including phenoxy) is 2. The van der Waals surface area contributed by atoms with E-state index in [0.29, 0.717) is 0 Å². The van der Waals surface area contributed by atoms with E-state index in [1.807, 2.05) is 0 Å². The van der Waals surface area contributed by atoms with Crippen molar-refractivity contribution in [2.75, 3.05) is 24.7 Å². The number of nitrogens with two attached hydrogens (primary N) is 2. The Kier molecular flexibility index (Phi) is 7.92. The highest BCUT2D eigenvalue weighted by atomic mass is 31.2. The van der Waals surface area contributed by atoms with E-state index in [9.17, 15) is 19.6 Å². The third kappa shape index (κ3) is 5.82. The molecule has 0 spiro atoms. The van der Waals surface area contributed by atoms with Crippen LogP contribution < -0.4 is 21.1 Å². The van der Waals surface area contributed by atoms with Gasteiger partial charge in [0.15, 0.2) is 17.7 Å². The SMILES string of the molecule is CCOC(=O)[C@H](C)NP(=O)(OC[C@H]1O[C@@H](n2cnc3c(N)nc(N)nc32)[C@H](O)[C@@H]1O)Oc1ccccc1. The summed E-state index contributed by atoms with van der Waals surface area (Å²) in [7, 11) is -4.20. The average Bonchev–Trinajstić information content (AvgIpc) is 3.39. The number of imidazole rings is 1. The molecule has 15 nitrogen and oxygen atoms in total. The van der Waals surface area contributed by atoms with Gasteiger partial charge in [0, 0.05) is 0 Å². The second-order valence-electron chi connectivity index (χ2n) is 8.14. The van der Waals surface area contributed by atoms with Crippen LogP contribution >= 0.6 is 7.75 Å². The van der Waals surface area contributed by atoms with Crippen molar-refractivity contribution in [3.8, 4) is 5.75 Å². The molecule has 200 valence electrons. The number of esters is 1. The van der Waals surface area contributed by atoms with Gasteiger partial charge in [-0.3, -0.25) is 13.9 Å². The molecule has 16 heteroatoms. The normalized spacial score (nSPS) is 24.0. The van der Waals surface area contributed by atoms with Gasteiger partial charge >= 0.3 is 13.7 Å². The lowest BCUT2D eigenvalue weighted by Crippen LogP contribution is -2.37. The lowest BCUT2D eigenvalue weighted by Gasteiger charge is -2.24. The Morgan fingerprint density at radius 3 is 2.68 bits per heavy atom. The van der Waals surface area contributed by atoms with E-state index in [4.69, 9.17) is 30.0 Å². The van der Waals surface area contributed by atoms with E-state index in [-0.39, 0.29) is 35.3 Å². The Bertz CT molecular complexity index is 1290. The summed E-state index contributed by atoms with van der Waals surface area (Å²) < 4.78 is 36.8. The van der Waals surface area contributed by atoms with E-state index >= 15 is 0 Å². The highest BCUT2D eigenvalue weighted by Crippen LogP contribution is 2.46. The third-order valence-electron chi connectivity index (χ3n) is 5.45. The first kappa shape index (κ1) is 26.7. The fourth-order valence-corrected chi connectivity index (χ4v) is 5.18. The topological polar surface area (TPSA) is 219 Å². The Hall–Kier alpha value is -3.33. The van der Waals surface area contributed by atoms with E-state index in [2.05, 4.69) is 20.0 Å². The zero-order chi connectivity index (χ0) is 26.7. The number of rotatable bonds is 10. The number of nitrogens with one attached hydrogen (secondary N) is 1. The maximum absolute atomic E-state index is 13.6. The van der Waals surface area contributed by atoms with Crippen LogP contribution in [-0.4, -0.2) is 73.3 Å². The van der Waals surface area contributed by atoms with E-state index in [1.54, 1.807) is 37.3 Å². The number of carbonyl (C=O) groups excluding carboxylic acids is 1. The Labute approximate surface area is 211 Å². The predicted octanol–water partition coefficient (Wildman–Crippen LogP) is 0.355. The van der Waals surface area contributed by atoms with Gasteiger partial charge in [0.25, 0.3) is 0 Å². The first-order chi connectivity index (χ1) is 17.6. The van der Waals surface area contributed by atoms with Gasteiger partial charge in [0.2, 0.25) is 5.95 Å². The van der Waals surface area contributed by atoms with Crippen molar-refractivity contribution in [3.63, 3.8) is 0 Å². The Morgan fingerprint density at radius 1 is 1.24 bits per heavy atom. The number of aliphatic hydroxyl groups excluding tert-OH is 2. The second kappa shape index (κ2) is 11.0. The van der Waals surface area contributed by atoms with Gasteiger partial charge in [-0.25, -0.2) is 9.55 Å². The van der Waals surface area contributed by atoms with Crippen molar-refractivity contribution in [1.29, 1.82) is 0 Å². The highest BCUT2D eigenvalue weighted by Gasteiger charge is 2.46. The molecule has 0 saturated carbocycles. The van der Waals surface area contributed by atoms with Crippen molar-refractivity contribution < 1.29 is 38.1 Å². The molecule has 0 bridgehead atoms. The Balaban J connectivity index is 1.52. The zero-order valence-corrected chi connectivity index (χ0v) is 20.9. The molecule has 4 rings (SSSR count). The number of benzene rings is 1. The quantitative estimate of drug-likeness (QED) is 0.174. The second-order valence-corrected chi connectivity index (χ2v) is 9.83. The largest absolute Gasteiger partial charge is 0.465 e. The van der Waals surface area contributed by atoms with Crippen molar-refractivity contribution in [2.24, 2.45) is 0 Å². The minimum Gasteiger partial charge on any atom is -0.465 e. The van der Waals surface area contributed by atoms with Crippen molar-refractivity contribution in [1.82, 2.24) is 24.6 Å². The van der Waals surface area contributed by atoms with Gasteiger partial charge in [-0.05, 0) is 26.0 Å². The number of para-hydroxylation sites is 1. The summed E-state index contributed by atoms with van der Waals surface area (Å²) in [5.74, 6) is -0.529. The zero-order valence-electron chi connectivity index (χ0n) is 20.0. The molecule has 3 heterocycles. The molecule has 1 aromatic carbocycles. The molecular formula is C21H28N7O8P. The van der Waals surface area contributed by atoms with Crippen molar-refractivity contribution >= 4 is 36.6 Å². The molecule has 1 fully saturated rings. The molecule has 7 N–H and O–H groups in total. The van der Waals surface area contributed by atoms with Crippen molar-refractivity contribution in [3.05, 3.63) is 36.7 Å². The minimum absolute atomic E-state index is 0.0370. The predicted molar refractivity (Wildman–Crippen MR) is 130 cm³/mol. The maximum atomic E-state index is 13.6. The lowest BCUT2D eigenvalue weighted by atomic mass is 10.1. The van der Waals surface area contributed by atoms with Crippen LogP contribution in [0.5, 0.6) is 5.75 Å². The average molecular weight is 537 g/mol. The molecule has 0 radical (unpaired) electrons. The van der Waals surface area contributed by atoms with Gasteiger partial charge in [-0.1, -0.05) is 18.2 Å². The van der Waals surface area contributed by atoms with Gasteiger partial charge in [0.1, 0.15) is 35.6 Å². The molecule has 2 aromatic heterocycles. The summed E-state index contributed by atoms with van der Waals surface area (Å²) >= 11 is 0. The first-order valence-corrected chi connectivity index (χ1v) is 12.9. The molecule has 1 unspecified atom stereocenters. The lowest BCUT2D eigenvalue weighted by molar-refractivity contribution is -0.144. The number of aromatic nitrogens is 4. The van der Waals surface area contributed by atoms with E-state index in [1.165, 1.54) is 17.8 Å². The van der Waals surface area contributed by atoms with Crippen LogP contribution in [0.3, 0.4) is 0 Å². The molecule has 1 aliphatic heterocycles. The highest BCUT2D eigenvalue weighted by molar-refractivity contribution is 7.52. The van der Waals surface area contributed by atoms with Crippen LogP contribution in [0.4, 0.5) is 11.8 Å². The summed E-state index contributed by atoms with van der Waals surface area (Å²) in [5, 5.41) is 23.8. The van der Waals surface area contributed by atoms with Gasteiger partial charge in [-0.15, -0.1) is 0 Å². The summed E-state index contributed by atoms with van der Waals surface area (Å²) in [6, 6.07) is 7.13. The summed E-state index contributed by atoms with van der Waals surface area (Å²) in [6.07, 6.45) is -3.88. The van der Waals surface area contributed by atoms with Gasteiger partial charge in [-0.2, -0.15) is 15.1 Å². The molecule has 1 aliphatic rings. The van der Waals surface area contributed by atoms with E-state index < -0.39 is 50.9 Å². The molecular weight excluding hydrogens is 509 g/mol. The van der Waals surface area contributed by atoms with Crippen LogP contribution in [0.25, 0.3) is 11.2 Å². The smallest absolute Gasteiger partial charge is 0.459 e. The van der Waals surface area contributed by atoms with E-state index in [0.717, 1.165) is 0 Å². The van der Waals surface area contributed by atoms with Crippen LogP contribution in [0, 0.1) is 0 Å². The number of nitrogen functional groups attached to an aromatic ring is 2. The first-order valence-electron chi connectivity index (χ1n) is 11.3. The van der Waals surface area contributed by atoms with Crippen LogP contribution in [0.15, 0.2) is 36.7 Å². The van der Waals surface area contributed by atoms with Crippen molar-refractivity contribution in [2.45, 2.75) is 44.4 Å². The fraction of sp³-hybridized carbons (Fsp3) is 0.429. The molecule has 37 heavy (non-hydrogen) atoms. The molecule has 3 aromatic rings. The number of anilines is 2. The third-order valence-corrected chi connectivity index (χ3v) is 7.09. The molecule has 1 saturated heterocycles. The number of nitrogens with zero attached hydrogens (tertiary/aromatic N) is 4. The summed E-state index contributed by atoms with van der Waals surface area (Å²) in [4.78, 5) is 24.2. The monoisotopic (exact) mass is 537 g/mol. The van der Waals surface area contributed by atoms with Gasteiger partial charge in [0.05, 0.1) is 19.5 Å². The number of fused-ring (bicyclic) bond motifs is 1. The minimum atomic E-state index is -4.20.